The number of carbonyl (C=O) groups excluding carboxylic acids is 1. The Hall–Kier alpha value is -1.98. The summed E-state index contributed by atoms with van der Waals surface area (Å²) in [7, 11) is -1.54. The maximum Gasteiger partial charge on any atom is 0.144 e. The smallest absolute Gasteiger partial charge is 0.144 e. The van der Waals surface area contributed by atoms with Crippen molar-refractivity contribution in [1.82, 2.24) is 4.31 Å². The van der Waals surface area contributed by atoms with Gasteiger partial charge in [0.15, 0.2) is 0 Å². The quantitative estimate of drug-likeness (QED) is 0.621. The molecule has 0 N–H and O–H groups in total. The highest BCUT2D eigenvalue weighted by atomic mass is 35.5. The van der Waals surface area contributed by atoms with E-state index in [-0.39, 0.29) is 36.8 Å². The lowest BCUT2D eigenvalue weighted by Crippen LogP contribution is -2.63. The van der Waals surface area contributed by atoms with Crippen LogP contribution in [-0.2, 0) is 15.8 Å². The molecule has 9 heteroatoms. The molecule has 1 saturated heterocycles. The molecule has 0 amide bonds. The van der Waals surface area contributed by atoms with Gasteiger partial charge >= 0.3 is 0 Å². The van der Waals surface area contributed by atoms with Crippen molar-refractivity contribution in [3.63, 3.8) is 0 Å². The molecule has 0 saturated carbocycles. The van der Waals surface area contributed by atoms with Crippen LogP contribution in [0.4, 0.5) is 4.39 Å². The molecule has 2 aromatic carbocycles. The number of rotatable bonds is 7. The van der Waals surface area contributed by atoms with Crippen LogP contribution in [0.1, 0.15) is 18.9 Å². The second-order valence-electron chi connectivity index (χ2n) is 6.72. The van der Waals surface area contributed by atoms with Gasteiger partial charge in [0, 0.05) is 30.6 Å². The minimum absolute atomic E-state index is 0.0209. The maximum absolute atomic E-state index is 13.8. The Bertz CT molecular complexity index is 1020. The Balaban J connectivity index is 1.72. The molecule has 152 valence electrons. The minimum atomic E-state index is -1.54. The van der Waals surface area contributed by atoms with Crippen LogP contribution < -0.4 is 4.74 Å². The van der Waals surface area contributed by atoms with Crippen molar-refractivity contribution in [3.8, 4) is 11.8 Å². The molecular weight excluding hydrogens is 438 g/mol. The molecule has 29 heavy (non-hydrogen) atoms. The van der Waals surface area contributed by atoms with Gasteiger partial charge in [-0.3, -0.25) is 4.79 Å². The van der Waals surface area contributed by atoms with E-state index in [4.69, 9.17) is 33.2 Å². The number of nitriles is 1. The topological polar surface area (TPSA) is 70.4 Å². The number of carbonyl (C=O) groups is 1. The molecule has 0 aliphatic carbocycles. The van der Waals surface area contributed by atoms with Crippen LogP contribution in [0.15, 0.2) is 41.3 Å². The van der Waals surface area contributed by atoms with Gasteiger partial charge in [0.05, 0.1) is 20.9 Å². The van der Waals surface area contributed by atoms with Crippen LogP contribution in [0.5, 0.6) is 5.75 Å². The summed E-state index contributed by atoms with van der Waals surface area (Å²) < 4.78 is 33.9. The predicted octanol–water partition coefficient (Wildman–Crippen LogP) is 4.39. The van der Waals surface area contributed by atoms with Crippen LogP contribution in [0.3, 0.4) is 0 Å². The molecule has 0 radical (unpaired) electrons. The minimum Gasteiger partial charge on any atom is -0.492 e. The van der Waals surface area contributed by atoms with Gasteiger partial charge in [-0.05, 0) is 30.3 Å². The highest BCUT2D eigenvalue weighted by Gasteiger charge is 2.51. The molecule has 1 unspecified atom stereocenters. The molecule has 1 fully saturated rings. The lowest BCUT2D eigenvalue weighted by Gasteiger charge is -2.47. The molecular formula is C20H17Cl2FN2O3S. The van der Waals surface area contributed by atoms with E-state index in [1.54, 1.807) is 29.4 Å². The van der Waals surface area contributed by atoms with Gasteiger partial charge in [-0.2, -0.15) is 5.26 Å². The van der Waals surface area contributed by atoms with E-state index < -0.39 is 22.2 Å². The molecule has 1 atom stereocenters. The number of hydrogen-bond donors (Lipinski definition) is 0. The molecule has 0 spiro atoms. The van der Waals surface area contributed by atoms with E-state index in [0.717, 1.165) is 6.07 Å². The number of benzene rings is 2. The van der Waals surface area contributed by atoms with Crippen molar-refractivity contribution in [1.29, 1.82) is 5.26 Å². The zero-order valence-corrected chi connectivity index (χ0v) is 17.8. The standard InChI is InChI=1S/C20H17Cl2FN2O3S/c1-2-19(26)20(12-28-15-5-3-13(9-24)17(23)8-15)10-25(11-20)29(27)18-6-4-14(21)7-16(18)22/h3-8H,2,10-12H2,1H3. The van der Waals surface area contributed by atoms with E-state index in [9.17, 15) is 13.4 Å². The Morgan fingerprint density at radius 3 is 2.62 bits per heavy atom. The number of nitrogens with zero attached hydrogens (tertiary/aromatic N) is 2. The van der Waals surface area contributed by atoms with Crippen LogP contribution in [0, 0.1) is 22.6 Å². The lowest BCUT2D eigenvalue weighted by molar-refractivity contribution is -0.137. The maximum atomic E-state index is 13.8. The zero-order valence-electron chi connectivity index (χ0n) is 15.5. The highest BCUT2D eigenvalue weighted by Crippen LogP contribution is 2.37. The normalized spacial score (nSPS) is 16.5. The van der Waals surface area contributed by atoms with E-state index in [1.165, 1.54) is 18.2 Å². The highest BCUT2D eigenvalue weighted by molar-refractivity contribution is 7.82. The third-order valence-electron chi connectivity index (χ3n) is 4.76. The van der Waals surface area contributed by atoms with E-state index in [2.05, 4.69) is 0 Å². The molecule has 3 rings (SSSR count). The molecule has 0 bridgehead atoms. The summed E-state index contributed by atoms with van der Waals surface area (Å²) in [4.78, 5) is 13.0. The Morgan fingerprint density at radius 2 is 2.03 bits per heavy atom. The summed E-state index contributed by atoms with van der Waals surface area (Å²) in [6.45, 7) is 2.22. The fraction of sp³-hybridized carbons (Fsp3) is 0.300. The molecule has 2 aromatic rings. The van der Waals surface area contributed by atoms with Crippen molar-refractivity contribution in [2.75, 3.05) is 19.7 Å². The number of hydrogen-bond acceptors (Lipinski definition) is 4. The van der Waals surface area contributed by atoms with Crippen molar-refractivity contribution in [2.24, 2.45) is 5.41 Å². The summed E-state index contributed by atoms with van der Waals surface area (Å²) in [6.07, 6.45) is 0.299. The molecule has 0 aromatic heterocycles. The summed E-state index contributed by atoms with van der Waals surface area (Å²) in [5.41, 5.74) is -0.921. The van der Waals surface area contributed by atoms with Gasteiger partial charge in [-0.15, -0.1) is 0 Å². The van der Waals surface area contributed by atoms with Gasteiger partial charge in [0.25, 0.3) is 0 Å². The second-order valence-corrected chi connectivity index (χ2v) is 9.02. The number of halogens is 3. The van der Waals surface area contributed by atoms with Crippen LogP contribution >= 0.6 is 23.2 Å². The average molecular weight is 455 g/mol. The number of ether oxygens (including phenoxy) is 1. The number of ketones is 1. The van der Waals surface area contributed by atoms with Gasteiger partial charge in [-0.25, -0.2) is 12.9 Å². The Morgan fingerprint density at radius 1 is 1.31 bits per heavy atom. The Labute approximate surface area is 180 Å². The first-order chi connectivity index (χ1) is 13.8. The van der Waals surface area contributed by atoms with Crippen LogP contribution in [0.2, 0.25) is 10.0 Å². The largest absolute Gasteiger partial charge is 0.492 e. The molecule has 1 aliphatic heterocycles. The lowest BCUT2D eigenvalue weighted by atomic mass is 9.77. The zero-order chi connectivity index (χ0) is 21.2. The van der Waals surface area contributed by atoms with Crippen LogP contribution in [-0.4, -0.2) is 34.0 Å². The van der Waals surface area contributed by atoms with Crippen molar-refractivity contribution in [2.45, 2.75) is 18.2 Å². The average Bonchev–Trinajstić information content (AvgIpc) is 2.66. The molecule has 5 nitrogen and oxygen atoms in total. The van der Waals surface area contributed by atoms with E-state index >= 15 is 0 Å². The summed E-state index contributed by atoms with van der Waals surface area (Å²) in [5, 5.41) is 9.54. The SMILES string of the molecule is CCC(=O)C1(COc2ccc(C#N)c(F)c2)CN(S(=O)c2ccc(Cl)cc2Cl)C1. The fourth-order valence-electron chi connectivity index (χ4n) is 3.12. The summed E-state index contributed by atoms with van der Waals surface area (Å²) in [5.74, 6) is -0.484. The third kappa shape index (κ3) is 4.46. The molecule has 1 aliphatic rings. The van der Waals surface area contributed by atoms with E-state index in [0.29, 0.717) is 21.4 Å². The first kappa shape index (κ1) is 21.7. The molecule has 1 heterocycles. The first-order valence-corrected chi connectivity index (χ1v) is 10.6. The van der Waals surface area contributed by atoms with Crippen molar-refractivity contribution >= 4 is 40.0 Å². The van der Waals surface area contributed by atoms with Crippen molar-refractivity contribution < 1.29 is 18.1 Å². The first-order valence-electron chi connectivity index (χ1n) is 8.77. The van der Waals surface area contributed by atoms with Gasteiger partial charge in [0.2, 0.25) is 0 Å². The van der Waals surface area contributed by atoms with Crippen LogP contribution in [0.25, 0.3) is 0 Å². The van der Waals surface area contributed by atoms with Crippen molar-refractivity contribution in [3.05, 3.63) is 57.8 Å². The second kappa shape index (κ2) is 8.80. The number of Topliss-reactive ketones (excluding diaryl/α,β-unsaturated/α-hetero) is 1. The van der Waals surface area contributed by atoms with Gasteiger partial charge < -0.3 is 4.74 Å². The predicted molar refractivity (Wildman–Crippen MR) is 109 cm³/mol. The monoisotopic (exact) mass is 454 g/mol. The summed E-state index contributed by atoms with van der Waals surface area (Å²) >= 11 is 12.0. The van der Waals surface area contributed by atoms with Gasteiger partial charge in [-0.1, -0.05) is 30.1 Å². The summed E-state index contributed by atoms with van der Waals surface area (Å²) in [6, 6.07) is 10.4. The fourth-order valence-corrected chi connectivity index (χ4v) is 5.15. The third-order valence-corrected chi connectivity index (χ3v) is 6.88. The van der Waals surface area contributed by atoms with Gasteiger partial charge in [0.1, 0.15) is 41.0 Å². The Kier molecular flexibility index (Phi) is 6.59. The van der Waals surface area contributed by atoms with E-state index in [1.807, 2.05) is 0 Å².